The maximum Gasteiger partial charge on any atom is 0.158 e. The maximum atomic E-state index is 11.2. The molecule has 0 radical (unpaired) electrons. The molecule has 0 spiro atoms. The zero-order chi connectivity index (χ0) is 7.35. The Morgan fingerprint density at radius 2 is 2.50 bits per heavy atom. The van der Waals surface area contributed by atoms with E-state index in [-0.39, 0.29) is 11.7 Å². The number of allylic oxidation sites excluding steroid dienone is 2. The van der Waals surface area contributed by atoms with Crippen molar-refractivity contribution in [3.05, 3.63) is 12.2 Å². The second kappa shape index (κ2) is 1.65. The first-order valence-electron chi connectivity index (χ1n) is 3.54. The second-order valence-electron chi connectivity index (χ2n) is 3.24. The third kappa shape index (κ3) is 0.523. The molecular formula is C8H9ClO. The van der Waals surface area contributed by atoms with E-state index in [4.69, 9.17) is 11.6 Å². The number of fused-ring (bicyclic) bond motifs is 1. The van der Waals surface area contributed by atoms with Crippen molar-refractivity contribution in [1.29, 1.82) is 0 Å². The van der Waals surface area contributed by atoms with Crippen molar-refractivity contribution in [3.63, 3.8) is 0 Å². The Bertz CT molecular complexity index is 217. The van der Waals surface area contributed by atoms with Gasteiger partial charge >= 0.3 is 0 Å². The van der Waals surface area contributed by atoms with Crippen molar-refractivity contribution < 1.29 is 4.79 Å². The Morgan fingerprint density at radius 1 is 1.80 bits per heavy atom. The van der Waals surface area contributed by atoms with Crippen LogP contribution in [0.2, 0.25) is 0 Å². The zero-order valence-electron chi connectivity index (χ0n) is 5.80. The molecule has 0 aromatic rings. The van der Waals surface area contributed by atoms with Crippen molar-refractivity contribution in [2.45, 2.75) is 18.2 Å². The van der Waals surface area contributed by atoms with Crippen LogP contribution in [0, 0.1) is 11.8 Å². The Labute approximate surface area is 65.1 Å². The van der Waals surface area contributed by atoms with E-state index in [1.165, 1.54) is 0 Å². The normalized spacial score (nSPS) is 50.8. The van der Waals surface area contributed by atoms with Crippen LogP contribution in [0.4, 0.5) is 0 Å². The molecule has 1 nitrogen and oxygen atoms in total. The molecule has 0 aromatic heterocycles. The van der Waals surface area contributed by atoms with Gasteiger partial charge in [-0.05, 0) is 13.3 Å². The molecule has 2 rings (SSSR count). The summed E-state index contributed by atoms with van der Waals surface area (Å²) in [5.74, 6) is 0.772. The van der Waals surface area contributed by atoms with Gasteiger partial charge in [0, 0.05) is 11.8 Å². The lowest BCUT2D eigenvalue weighted by Crippen LogP contribution is -2.55. The summed E-state index contributed by atoms with van der Waals surface area (Å²) < 4.78 is 0. The van der Waals surface area contributed by atoms with Gasteiger partial charge in [-0.2, -0.15) is 0 Å². The molecule has 0 heterocycles. The minimum absolute atomic E-state index is 0.225. The molecule has 0 bridgehead atoms. The molecule has 0 aliphatic heterocycles. The Morgan fingerprint density at radius 3 is 3.10 bits per heavy atom. The smallest absolute Gasteiger partial charge is 0.158 e. The molecular weight excluding hydrogens is 148 g/mol. The quantitative estimate of drug-likeness (QED) is 0.386. The number of alkyl halides is 1. The van der Waals surface area contributed by atoms with Gasteiger partial charge in [0.25, 0.3) is 0 Å². The number of hydrogen-bond acceptors (Lipinski definition) is 1. The summed E-state index contributed by atoms with van der Waals surface area (Å²) in [5, 5.41) is 0. The van der Waals surface area contributed by atoms with E-state index in [9.17, 15) is 4.79 Å². The van der Waals surface area contributed by atoms with E-state index >= 15 is 0 Å². The molecule has 1 saturated carbocycles. The maximum absolute atomic E-state index is 11.2. The number of carbonyl (C=O) groups is 1. The highest BCUT2D eigenvalue weighted by Gasteiger charge is 2.57. The van der Waals surface area contributed by atoms with Crippen molar-refractivity contribution >= 4 is 17.4 Å². The highest BCUT2D eigenvalue weighted by atomic mass is 35.5. The predicted octanol–water partition coefficient (Wildman–Crippen LogP) is 1.76. The molecule has 0 N–H and O–H groups in total. The van der Waals surface area contributed by atoms with Crippen LogP contribution in [-0.4, -0.2) is 10.7 Å². The van der Waals surface area contributed by atoms with Crippen LogP contribution in [0.15, 0.2) is 12.2 Å². The fourth-order valence-electron chi connectivity index (χ4n) is 1.91. The average molecular weight is 157 g/mol. The van der Waals surface area contributed by atoms with Gasteiger partial charge in [0.15, 0.2) is 5.78 Å². The average Bonchev–Trinajstić information content (AvgIpc) is 2.31. The fourth-order valence-corrected chi connectivity index (χ4v) is 2.28. The lowest BCUT2D eigenvalue weighted by Gasteiger charge is -2.43. The number of carbonyl (C=O) groups excluding carboxylic acids is 1. The molecule has 54 valence electrons. The SMILES string of the molecule is C[C@]1(Cl)C(=O)[C@@H]2CC=C[C@@H]21. The highest BCUT2D eigenvalue weighted by molar-refractivity contribution is 6.38. The van der Waals surface area contributed by atoms with E-state index in [0.29, 0.717) is 5.92 Å². The van der Waals surface area contributed by atoms with Gasteiger partial charge in [0.1, 0.15) is 4.87 Å². The first-order valence-corrected chi connectivity index (χ1v) is 3.91. The summed E-state index contributed by atoms with van der Waals surface area (Å²) >= 11 is 5.96. The van der Waals surface area contributed by atoms with Crippen molar-refractivity contribution in [3.8, 4) is 0 Å². The van der Waals surface area contributed by atoms with Crippen LogP contribution in [0.25, 0.3) is 0 Å². The number of Topliss-reactive ketones (excluding diaryl/α,β-unsaturated/α-hetero) is 1. The molecule has 10 heavy (non-hydrogen) atoms. The van der Waals surface area contributed by atoms with Crippen LogP contribution in [0.5, 0.6) is 0 Å². The van der Waals surface area contributed by atoms with Crippen LogP contribution in [0.3, 0.4) is 0 Å². The van der Waals surface area contributed by atoms with Gasteiger partial charge in [-0.25, -0.2) is 0 Å². The molecule has 0 aromatic carbocycles. The summed E-state index contributed by atoms with van der Waals surface area (Å²) in [6.45, 7) is 1.81. The standard InChI is InChI=1S/C8H9ClO/c1-8(9)6-4-2-3-5(6)7(8)10/h2,4-6H,3H2,1H3/t5-,6+,8-/m1/s1. The monoisotopic (exact) mass is 156 g/mol. The Kier molecular flexibility index (Phi) is 1.06. The lowest BCUT2D eigenvalue weighted by atomic mass is 9.65. The number of rotatable bonds is 0. The first-order chi connectivity index (χ1) is 4.64. The van der Waals surface area contributed by atoms with Gasteiger partial charge in [-0.1, -0.05) is 12.2 Å². The molecule has 2 aliphatic carbocycles. The van der Waals surface area contributed by atoms with E-state index in [0.717, 1.165) is 6.42 Å². The summed E-state index contributed by atoms with van der Waals surface area (Å²) in [7, 11) is 0. The Hall–Kier alpha value is -0.300. The van der Waals surface area contributed by atoms with Crippen molar-refractivity contribution in [2.75, 3.05) is 0 Å². The van der Waals surface area contributed by atoms with Gasteiger partial charge in [0.2, 0.25) is 0 Å². The van der Waals surface area contributed by atoms with Crippen LogP contribution < -0.4 is 0 Å². The third-order valence-corrected chi connectivity index (χ3v) is 3.05. The summed E-state index contributed by atoms with van der Waals surface area (Å²) in [6.07, 6.45) is 5.03. The summed E-state index contributed by atoms with van der Waals surface area (Å²) in [6, 6.07) is 0. The van der Waals surface area contributed by atoms with Crippen molar-refractivity contribution in [1.82, 2.24) is 0 Å². The van der Waals surface area contributed by atoms with Crippen molar-refractivity contribution in [2.24, 2.45) is 11.8 Å². The van der Waals surface area contributed by atoms with E-state index in [1.807, 2.05) is 6.92 Å². The topological polar surface area (TPSA) is 17.1 Å². The first kappa shape index (κ1) is 6.41. The third-order valence-electron chi connectivity index (χ3n) is 2.61. The van der Waals surface area contributed by atoms with Gasteiger partial charge in [-0.15, -0.1) is 11.6 Å². The molecule has 1 fully saturated rings. The van der Waals surface area contributed by atoms with Gasteiger partial charge in [-0.3, -0.25) is 4.79 Å². The Balaban J connectivity index is 2.29. The number of ketones is 1. The van der Waals surface area contributed by atoms with Gasteiger partial charge in [0.05, 0.1) is 0 Å². The minimum atomic E-state index is -0.572. The largest absolute Gasteiger partial charge is 0.297 e. The van der Waals surface area contributed by atoms with Gasteiger partial charge < -0.3 is 0 Å². The molecule has 3 atom stereocenters. The molecule has 0 saturated heterocycles. The second-order valence-corrected chi connectivity index (χ2v) is 4.02. The zero-order valence-corrected chi connectivity index (χ0v) is 6.56. The predicted molar refractivity (Wildman–Crippen MR) is 40.0 cm³/mol. The highest BCUT2D eigenvalue weighted by Crippen LogP contribution is 2.50. The number of hydrogen-bond donors (Lipinski definition) is 0. The molecule has 0 amide bonds. The van der Waals surface area contributed by atoms with Crippen LogP contribution >= 0.6 is 11.6 Å². The van der Waals surface area contributed by atoms with E-state index < -0.39 is 4.87 Å². The van der Waals surface area contributed by atoms with E-state index in [1.54, 1.807) is 0 Å². The summed E-state index contributed by atoms with van der Waals surface area (Å²) in [5.41, 5.74) is 0. The molecule has 2 heteroatoms. The molecule has 0 unspecified atom stereocenters. The van der Waals surface area contributed by atoms with Crippen LogP contribution in [0.1, 0.15) is 13.3 Å². The lowest BCUT2D eigenvalue weighted by molar-refractivity contribution is -0.135. The van der Waals surface area contributed by atoms with E-state index in [2.05, 4.69) is 12.2 Å². The molecule has 2 aliphatic rings. The summed E-state index contributed by atoms with van der Waals surface area (Å²) in [4.78, 5) is 10.6. The number of halogens is 1. The minimum Gasteiger partial charge on any atom is -0.297 e. The van der Waals surface area contributed by atoms with Crippen LogP contribution in [-0.2, 0) is 4.79 Å². The fraction of sp³-hybridized carbons (Fsp3) is 0.625.